The molecule has 0 unspecified atom stereocenters. The zero-order valence-corrected chi connectivity index (χ0v) is 10.5. The number of ether oxygens (including phenoxy) is 1. The normalized spacial score (nSPS) is 14.8. The van der Waals surface area contributed by atoms with Gasteiger partial charge in [-0.15, -0.1) is 0 Å². The number of aryl methyl sites for hydroxylation is 1. The molecule has 0 spiro atoms. The van der Waals surface area contributed by atoms with Gasteiger partial charge in [0.05, 0.1) is 12.2 Å². The Kier molecular flexibility index (Phi) is 3.70. The fourth-order valence-electron chi connectivity index (χ4n) is 1.64. The molecule has 1 heterocycles. The lowest BCUT2D eigenvalue weighted by Gasteiger charge is -2.18. The molecular formula is C13H15FN4O. The highest BCUT2D eigenvalue weighted by atomic mass is 19.1. The first-order chi connectivity index (χ1) is 9.10. The molecule has 0 atom stereocenters. The van der Waals surface area contributed by atoms with Crippen LogP contribution in [-0.2, 0) is 0 Å². The first-order valence-corrected chi connectivity index (χ1v) is 5.73. The van der Waals surface area contributed by atoms with Crippen LogP contribution < -0.4 is 16.2 Å². The van der Waals surface area contributed by atoms with Gasteiger partial charge in [-0.05, 0) is 30.7 Å². The standard InChI is InChI=1S/C13H15FN4O/c1-9-6-12(16)11(14)7-13(9)19-10-2-4-18(5-3-10)17-8-15/h2-4,6-8H,5,16H2,1H3,(H2,15,17). The molecule has 0 bridgehead atoms. The van der Waals surface area contributed by atoms with Crippen molar-refractivity contribution in [2.45, 2.75) is 6.92 Å². The van der Waals surface area contributed by atoms with E-state index < -0.39 is 5.82 Å². The monoisotopic (exact) mass is 262 g/mol. The van der Waals surface area contributed by atoms with E-state index in [1.54, 1.807) is 23.4 Å². The Labute approximate surface area is 110 Å². The van der Waals surface area contributed by atoms with Crippen molar-refractivity contribution in [3.8, 4) is 5.75 Å². The van der Waals surface area contributed by atoms with Gasteiger partial charge in [-0.2, -0.15) is 5.10 Å². The average Bonchev–Trinajstić information content (AvgIpc) is 2.38. The summed E-state index contributed by atoms with van der Waals surface area (Å²) >= 11 is 0. The summed E-state index contributed by atoms with van der Waals surface area (Å²) in [6.45, 7) is 2.35. The van der Waals surface area contributed by atoms with Crippen LogP contribution in [0.25, 0.3) is 0 Å². The maximum absolute atomic E-state index is 13.4. The second kappa shape index (κ2) is 5.43. The van der Waals surface area contributed by atoms with Crippen molar-refractivity contribution in [2.24, 2.45) is 10.8 Å². The number of hydrazone groups is 1. The van der Waals surface area contributed by atoms with Gasteiger partial charge in [0.1, 0.15) is 23.7 Å². The van der Waals surface area contributed by atoms with Crippen LogP contribution in [0.2, 0.25) is 0 Å². The SMILES string of the molecule is Cc1cc(N)c(F)cc1OC1=CCN(/N=C\N)C=C1. The van der Waals surface area contributed by atoms with E-state index in [0.29, 0.717) is 18.1 Å². The van der Waals surface area contributed by atoms with Crippen molar-refractivity contribution in [1.82, 2.24) is 5.01 Å². The molecule has 4 N–H and O–H groups in total. The fraction of sp³-hybridized carbons (Fsp3) is 0.154. The average molecular weight is 262 g/mol. The number of benzene rings is 1. The summed E-state index contributed by atoms with van der Waals surface area (Å²) in [5.74, 6) is 0.574. The lowest BCUT2D eigenvalue weighted by atomic mass is 10.2. The van der Waals surface area contributed by atoms with Crippen molar-refractivity contribution in [2.75, 3.05) is 12.3 Å². The summed E-state index contributed by atoms with van der Waals surface area (Å²) in [7, 11) is 0. The minimum Gasteiger partial charge on any atom is -0.457 e. The van der Waals surface area contributed by atoms with Crippen LogP contribution in [0.1, 0.15) is 5.56 Å². The molecule has 0 radical (unpaired) electrons. The first kappa shape index (κ1) is 12.9. The van der Waals surface area contributed by atoms with Crippen LogP contribution in [0, 0.1) is 12.7 Å². The number of anilines is 1. The number of nitrogens with two attached hydrogens (primary N) is 2. The van der Waals surface area contributed by atoms with Gasteiger partial charge in [-0.25, -0.2) is 4.39 Å². The van der Waals surface area contributed by atoms with Gasteiger partial charge < -0.3 is 16.2 Å². The largest absolute Gasteiger partial charge is 0.457 e. The summed E-state index contributed by atoms with van der Waals surface area (Å²) in [6.07, 6.45) is 6.48. The molecule has 0 saturated carbocycles. The highest BCUT2D eigenvalue weighted by Gasteiger charge is 2.09. The molecule has 1 aromatic carbocycles. The zero-order chi connectivity index (χ0) is 13.8. The summed E-state index contributed by atoms with van der Waals surface area (Å²) < 4.78 is 19.0. The van der Waals surface area contributed by atoms with E-state index in [9.17, 15) is 4.39 Å². The maximum Gasteiger partial charge on any atom is 0.149 e. The zero-order valence-electron chi connectivity index (χ0n) is 10.5. The predicted octanol–water partition coefficient (Wildman–Crippen LogP) is 1.71. The summed E-state index contributed by atoms with van der Waals surface area (Å²) in [4.78, 5) is 0. The third-order valence-electron chi connectivity index (χ3n) is 2.63. The van der Waals surface area contributed by atoms with Gasteiger partial charge in [0.25, 0.3) is 0 Å². The lowest BCUT2D eigenvalue weighted by Crippen LogP contribution is -2.16. The maximum atomic E-state index is 13.4. The molecular weight excluding hydrogens is 247 g/mol. The molecule has 100 valence electrons. The third kappa shape index (κ3) is 3.04. The quantitative estimate of drug-likeness (QED) is 0.494. The van der Waals surface area contributed by atoms with Crippen LogP contribution in [0.4, 0.5) is 10.1 Å². The van der Waals surface area contributed by atoms with Gasteiger partial charge in [0.15, 0.2) is 0 Å². The van der Waals surface area contributed by atoms with Crippen LogP contribution in [-0.4, -0.2) is 17.9 Å². The number of hydrogen-bond acceptors (Lipinski definition) is 4. The Morgan fingerprint density at radius 3 is 2.89 bits per heavy atom. The van der Waals surface area contributed by atoms with E-state index in [4.69, 9.17) is 16.2 Å². The molecule has 6 heteroatoms. The van der Waals surface area contributed by atoms with E-state index in [0.717, 1.165) is 5.56 Å². The van der Waals surface area contributed by atoms with E-state index in [2.05, 4.69) is 5.10 Å². The Bertz CT molecular complexity index is 566. The summed E-state index contributed by atoms with van der Waals surface area (Å²) in [6, 6.07) is 2.83. The topological polar surface area (TPSA) is 76.9 Å². The molecule has 0 amide bonds. The first-order valence-electron chi connectivity index (χ1n) is 5.73. The minimum atomic E-state index is -0.490. The highest BCUT2D eigenvalue weighted by Crippen LogP contribution is 2.26. The number of halogens is 1. The molecule has 1 aliphatic heterocycles. The van der Waals surface area contributed by atoms with E-state index in [1.165, 1.54) is 12.4 Å². The molecule has 5 nitrogen and oxygen atoms in total. The van der Waals surface area contributed by atoms with Crippen molar-refractivity contribution in [1.29, 1.82) is 0 Å². The predicted molar refractivity (Wildman–Crippen MR) is 72.8 cm³/mol. The van der Waals surface area contributed by atoms with Crippen LogP contribution in [0.15, 0.2) is 41.3 Å². The Morgan fingerprint density at radius 2 is 2.26 bits per heavy atom. The van der Waals surface area contributed by atoms with Gasteiger partial charge in [-0.1, -0.05) is 0 Å². The number of rotatable bonds is 3. The molecule has 0 saturated heterocycles. The third-order valence-corrected chi connectivity index (χ3v) is 2.63. The van der Waals surface area contributed by atoms with Gasteiger partial charge in [-0.3, -0.25) is 5.01 Å². The highest BCUT2D eigenvalue weighted by molar-refractivity contribution is 5.51. The van der Waals surface area contributed by atoms with Crippen molar-refractivity contribution in [3.63, 3.8) is 0 Å². The van der Waals surface area contributed by atoms with E-state index in [-0.39, 0.29) is 5.69 Å². The van der Waals surface area contributed by atoms with E-state index in [1.807, 2.05) is 13.0 Å². The summed E-state index contributed by atoms with van der Waals surface area (Å²) in [5.41, 5.74) is 11.6. The van der Waals surface area contributed by atoms with E-state index >= 15 is 0 Å². The second-order valence-corrected chi connectivity index (χ2v) is 4.05. The smallest absolute Gasteiger partial charge is 0.149 e. The summed E-state index contributed by atoms with van der Waals surface area (Å²) in [5, 5.41) is 5.53. The number of nitrogens with zero attached hydrogens (tertiary/aromatic N) is 2. The van der Waals surface area contributed by atoms with Gasteiger partial charge >= 0.3 is 0 Å². The Morgan fingerprint density at radius 1 is 1.47 bits per heavy atom. The van der Waals surface area contributed by atoms with Crippen LogP contribution in [0.3, 0.4) is 0 Å². The van der Waals surface area contributed by atoms with Gasteiger partial charge in [0, 0.05) is 12.3 Å². The molecule has 2 rings (SSSR count). The van der Waals surface area contributed by atoms with Crippen LogP contribution >= 0.6 is 0 Å². The lowest BCUT2D eigenvalue weighted by molar-refractivity contribution is 0.392. The number of nitrogen functional groups attached to an aromatic ring is 1. The molecule has 1 aliphatic rings. The number of allylic oxidation sites excluding steroid dienone is 1. The molecule has 0 fully saturated rings. The van der Waals surface area contributed by atoms with Gasteiger partial charge in [0.2, 0.25) is 0 Å². The Balaban J connectivity index is 2.11. The molecule has 19 heavy (non-hydrogen) atoms. The van der Waals surface area contributed by atoms with Crippen molar-refractivity contribution < 1.29 is 9.13 Å². The second-order valence-electron chi connectivity index (χ2n) is 4.05. The number of hydrogen-bond donors (Lipinski definition) is 2. The van der Waals surface area contributed by atoms with Crippen molar-refractivity contribution >= 4 is 12.0 Å². The molecule has 0 aromatic heterocycles. The fourth-order valence-corrected chi connectivity index (χ4v) is 1.64. The molecule has 1 aromatic rings. The van der Waals surface area contributed by atoms with Crippen molar-refractivity contribution in [3.05, 3.63) is 47.6 Å². The molecule has 0 aliphatic carbocycles. The Hall–Kier alpha value is -2.50. The van der Waals surface area contributed by atoms with Crippen LogP contribution in [0.5, 0.6) is 5.75 Å². The minimum absolute atomic E-state index is 0.112.